The van der Waals surface area contributed by atoms with Crippen LogP contribution in [0.2, 0.25) is 0 Å². The molecule has 1 aromatic heterocycles. The number of anilines is 1. The lowest BCUT2D eigenvalue weighted by atomic mass is 10.0. The van der Waals surface area contributed by atoms with Crippen molar-refractivity contribution >= 4 is 11.7 Å². The number of ether oxygens (including phenoxy) is 1. The number of nitrogens with zero attached hydrogens (tertiary/aromatic N) is 2. The molecule has 0 saturated heterocycles. The molecule has 0 spiro atoms. The highest BCUT2D eigenvalue weighted by Crippen LogP contribution is 2.18. The summed E-state index contributed by atoms with van der Waals surface area (Å²) in [5.41, 5.74) is 8.10. The highest BCUT2D eigenvalue weighted by molar-refractivity contribution is 5.89. The number of pyridine rings is 1. The number of amides is 2. The standard InChI is InChI=1S/C21H30N4O3/c1-16-5-10-20(23-13-16)17(15-26)14-25(12-4-3-11-22)21(27)24-18-6-8-19(28-2)9-7-18/h5-10,13,17,26H,3-4,11-12,14-15,22H2,1-2H3,(H,24,27). The number of carbonyl (C=O) groups excluding carboxylic acids is 1. The fourth-order valence-corrected chi connectivity index (χ4v) is 2.83. The van der Waals surface area contributed by atoms with E-state index in [-0.39, 0.29) is 18.6 Å². The average molecular weight is 386 g/mol. The van der Waals surface area contributed by atoms with E-state index in [4.69, 9.17) is 10.5 Å². The van der Waals surface area contributed by atoms with Crippen molar-refractivity contribution in [1.82, 2.24) is 9.88 Å². The number of aliphatic hydroxyl groups excluding tert-OH is 1. The molecule has 4 N–H and O–H groups in total. The molecule has 2 rings (SSSR count). The van der Waals surface area contributed by atoms with Crippen LogP contribution in [0.5, 0.6) is 5.75 Å². The maximum atomic E-state index is 12.8. The molecular weight excluding hydrogens is 356 g/mol. The van der Waals surface area contributed by atoms with Crippen LogP contribution in [0.15, 0.2) is 42.6 Å². The zero-order chi connectivity index (χ0) is 20.4. The summed E-state index contributed by atoms with van der Waals surface area (Å²) in [5, 5.41) is 12.8. The van der Waals surface area contributed by atoms with Gasteiger partial charge in [-0.3, -0.25) is 4.98 Å². The fourth-order valence-electron chi connectivity index (χ4n) is 2.83. The molecule has 28 heavy (non-hydrogen) atoms. The molecular formula is C21H30N4O3. The lowest BCUT2D eigenvalue weighted by Crippen LogP contribution is -2.39. The molecule has 152 valence electrons. The molecule has 0 aliphatic rings. The van der Waals surface area contributed by atoms with Gasteiger partial charge in [0.2, 0.25) is 0 Å². The molecule has 7 heteroatoms. The minimum atomic E-state index is -0.250. The number of aryl methyl sites for hydroxylation is 1. The Morgan fingerprint density at radius 3 is 2.57 bits per heavy atom. The first-order valence-electron chi connectivity index (χ1n) is 9.50. The summed E-state index contributed by atoms with van der Waals surface area (Å²) in [5.74, 6) is 0.476. The van der Waals surface area contributed by atoms with Gasteiger partial charge in [-0.05, 0) is 62.2 Å². The molecule has 0 radical (unpaired) electrons. The number of aromatic nitrogens is 1. The third kappa shape index (κ3) is 6.51. The summed E-state index contributed by atoms with van der Waals surface area (Å²) >= 11 is 0. The molecule has 1 atom stereocenters. The number of urea groups is 1. The Balaban J connectivity index is 2.09. The molecule has 2 aromatic rings. The molecule has 2 amide bonds. The maximum Gasteiger partial charge on any atom is 0.321 e. The summed E-state index contributed by atoms with van der Waals surface area (Å²) in [7, 11) is 1.60. The summed E-state index contributed by atoms with van der Waals surface area (Å²) in [4.78, 5) is 19.0. The molecule has 0 aliphatic heterocycles. The number of unbranched alkanes of at least 4 members (excludes halogenated alkanes) is 1. The van der Waals surface area contributed by atoms with Crippen molar-refractivity contribution in [1.29, 1.82) is 0 Å². The second-order valence-electron chi connectivity index (χ2n) is 6.74. The average Bonchev–Trinajstić information content (AvgIpc) is 2.72. The summed E-state index contributed by atoms with van der Waals surface area (Å²) < 4.78 is 5.14. The maximum absolute atomic E-state index is 12.8. The highest BCUT2D eigenvalue weighted by atomic mass is 16.5. The van der Waals surface area contributed by atoms with Gasteiger partial charge in [0.1, 0.15) is 5.75 Å². The lowest BCUT2D eigenvalue weighted by molar-refractivity contribution is 0.189. The molecule has 1 aromatic carbocycles. The van der Waals surface area contributed by atoms with Gasteiger partial charge in [0.25, 0.3) is 0 Å². The van der Waals surface area contributed by atoms with E-state index in [2.05, 4.69) is 10.3 Å². The van der Waals surface area contributed by atoms with Gasteiger partial charge in [0.05, 0.1) is 13.7 Å². The van der Waals surface area contributed by atoms with E-state index >= 15 is 0 Å². The van der Waals surface area contributed by atoms with E-state index in [1.54, 1.807) is 42.5 Å². The van der Waals surface area contributed by atoms with Crippen molar-refractivity contribution < 1.29 is 14.6 Å². The topological polar surface area (TPSA) is 101 Å². The number of nitrogens with one attached hydrogen (secondary N) is 1. The first-order valence-corrected chi connectivity index (χ1v) is 9.50. The number of nitrogens with two attached hydrogens (primary N) is 1. The van der Waals surface area contributed by atoms with E-state index in [1.165, 1.54) is 0 Å². The molecule has 1 heterocycles. The third-order valence-corrected chi connectivity index (χ3v) is 4.52. The summed E-state index contributed by atoms with van der Waals surface area (Å²) in [6.07, 6.45) is 3.40. The largest absolute Gasteiger partial charge is 0.497 e. The number of carbonyl (C=O) groups is 1. The van der Waals surface area contributed by atoms with Gasteiger partial charge in [0.15, 0.2) is 0 Å². The predicted molar refractivity (Wildman–Crippen MR) is 111 cm³/mol. The monoisotopic (exact) mass is 386 g/mol. The Morgan fingerprint density at radius 1 is 1.25 bits per heavy atom. The minimum absolute atomic E-state index is 0.0841. The van der Waals surface area contributed by atoms with Crippen LogP contribution in [0.1, 0.15) is 30.0 Å². The second-order valence-corrected chi connectivity index (χ2v) is 6.74. The van der Waals surface area contributed by atoms with Crippen molar-refractivity contribution in [3.8, 4) is 5.75 Å². The molecule has 0 aliphatic carbocycles. The lowest BCUT2D eigenvalue weighted by Gasteiger charge is -2.27. The Morgan fingerprint density at radius 2 is 2.00 bits per heavy atom. The zero-order valence-electron chi connectivity index (χ0n) is 16.6. The highest BCUT2D eigenvalue weighted by Gasteiger charge is 2.21. The second kappa shape index (κ2) is 11.3. The van der Waals surface area contributed by atoms with Crippen LogP contribution in [-0.4, -0.2) is 54.4 Å². The first kappa shape index (κ1) is 21.7. The number of hydrogen-bond acceptors (Lipinski definition) is 5. The number of aliphatic hydroxyl groups is 1. The number of benzene rings is 1. The van der Waals surface area contributed by atoms with Crippen LogP contribution >= 0.6 is 0 Å². The van der Waals surface area contributed by atoms with Crippen molar-refractivity contribution in [2.75, 3.05) is 38.7 Å². The quantitative estimate of drug-likeness (QED) is 0.545. The van der Waals surface area contributed by atoms with Gasteiger partial charge >= 0.3 is 6.03 Å². The smallest absolute Gasteiger partial charge is 0.321 e. The SMILES string of the molecule is COc1ccc(NC(=O)N(CCCCN)CC(CO)c2ccc(C)cn2)cc1. The van der Waals surface area contributed by atoms with Gasteiger partial charge in [-0.25, -0.2) is 4.79 Å². The molecule has 0 fully saturated rings. The molecule has 1 unspecified atom stereocenters. The minimum Gasteiger partial charge on any atom is -0.497 e. The Kier molecular flexibility index (Phi) is 8.71. The Labute approximate surface area is 166 Å². The van der Waals surface area contributed by atoms with Crippen LogP contribution in [-0.2, 0) is 0 Å². The van der Waals surface area contributed by atoms with E-state index in [0.717, 1.165) is 29.8 Å². The van der Waals surface area contributed by atoms with E-state index in [9.17, 15) is 9.90 Å². The molecule has 0 bridgehead atoms. The van der Waals surface area contributed by atoms with Crippen LogP contribution in [0.3, 0.4) is 0 Å². The zero-order valence-corrected chi connectivity index (χ0v) is 16.6. The van der Waals surface area contributed by atoms with Crippen molar-refractivity contribution in [2.24, 2.45) is 5.73 Å². The van der Waals surface area contributed by atoms with Crippen molar-refractivity contribution in [3.63, 3.8) is 0 Å². The third-order valence-electron chi connectivity index (χ3n) is 4.52. The fraction of sp³-hybridized carbons (Fsp3) is 0.429. The summed E-state index contributed by atoms with van der Waals surface area (Å²) in [6.45, 7) is 3.39. The van der Waals surface area contributed by atoms with E-state index in [1.807, 2.05) is 19.1 Å². The van der Waals surface area contributed by atoms with Crippen molar-refractivity contribution in [2.45, 2.75) is 25.7 Å². The van der Waals surface area contributed by atoms with Crippen LogP contribution < -0.4 is 15.8 Å². The number of methoxy groups -OCH3 is 1. The van der Waals surface area contributed by atoms with Gasteiger partial charge < -0.3 is 25.8 Å². The number of rotatable bonds is 10. The molecule has 0 saturated carbocycles. The van der Waals surface area contributed by atoms with E-state index in [0.29, 0.717) is 25.3 Å². The van der Waals surface area contributed by atoms with Crippen LogP contribution in [0.25, 0.3) is 0 Å². The van der Waals surface area contributed by atoms with E-state index < -0.39 is 0 Å². The Bertz CT molecular complexity index is 719. The normalized spacial score (nSPS) is 11.7. The Hall–Kier alpha value is -2.64. The van der Waals surface area contributed by atoms with Gasteiger partial charge in [0, 0.05) is 36.6 Å². The van der Waals surface area contributed by atoms with Crippen LogP contribution in [0, 0.1) is 6.92 Å². The van der Waals surface area contributed by atoms with Crippen molar-refractivity contribution in [3.05, 3.63) is 53.9 Å². The molecule has 7 nitrogen and oxygen atoms in total. The first-order chi connectivity index (χ1) is 13.6. The van der Waals surface area contributed by atoms with Gasteiger partial charge in [-0.1, -0.05) is 6.07 Å². The van der Waals surface area contributed by atoms with Gasteiger partial charge in [-0.2, -0.15) is 0 Å². The number of hydrogen-bond donors (Lipinski definition) is 3. The predicted octanol–water partition coefficient (Wildman–Crippen LogP) is 2.75. The van der Waals surface area contributed by atoms with Crippen LogP contribution in [0.4, 0.5) is 10.5 Å². The van der Waals surface area contributed by atoms with Gasteiger partial charge in [-0.15, -0.1) is 0 Å². The summed E-state index contributed by atoms with van der Waals surface area (Å²) in [6, 6.07) is 10.8.